The third-order valence-corrected chi connectivity index (χ3v) is 9.46. The topological polar surface area (TPSA) is 34.1 Å². The van der Waals surface area contributed by atoms with E-state index < -0.39 is 0 Å². The number of ketones is 2. The van der Waals surface area contributed by atoms with Crippen molar-refractivity contribution >= 4 is 11.6 Å². The Labute approximate surface area is 152 Å². The highest BCUT2D eigenvalue weighted by Crippen LogP contribution is 2.70. The molecule has 4 aliphatic rings. The van der Waals surface area contributed by atoms with Crippen molar-refractivity contribution in [3.8, 4) is 0 Å². The van der Waals surface area contributed by atoms with Crippen molar-refractivity contribution in [1.82, 2.24) is 0 Å². The fourth-order valence-corrected chi connectivity index (χ4v) is 7.66. The van der Waals surface area contributed by atoms with Crippen LogP contribution < -0.4 is 0 Å². The van der Waals surface area contributed by atoms with Crippen LogP contribution in [0, 0.1) is 34.0 Å². The van der Waals surface area contributed by atoms with Crippen molar-refractivity contribution in [2.45, 2.75) is 85.5 Å². The largest absolute Gasteiger partial charge is 0.299 e. The summed E-state index contributed by atoms with van der Waals surface area (Å²) < 4.78 is 0. The molecule has 6 atom stereocenters. The van der Waals surface area contributed by atoms with Crippen molar-refractivity contribution in [2.75, 3.05) is 0 Å². The first-order valence-corrected chi connectivity index (χ1v) is 10.5. The maximum Gasteiger partial charge on any atom is 0.155 e. The van der Waals surface area contributed by atoms with Crippen LogP contribution in [0.1, 0.15) is 85.5 Å². The standard InChI is InChI=1S/C23H34O2/c1-5-6-15-13-17(24)14-16-7-8-18-19(23(15,16)4)9-11-22(3)20(25)10-12-21(18,22)2/h14-15,18-19H,5-13H2,1-4H3/t15-,18+,19?,21-,22+,23-/m0/s1. The fraction of sp³-hybridized carbons (Fsp3) is 0.826. The average Bonchev–Trinajstić information content (AvgIpc) is 2.81. The molecular weight excluding hydrogens is 308 g/mol. The summed E-state index contributed by atoms with van der Waals surface area (Å²) in [6, 6.07) is 0. The van der Waals surface area contributed by atoms with Crippen LogP contribution >= 0.6 is 0 Å². The molecule has 0 N–H and O–H groups in total. The molecule has 0 aromatic rings. The molecule has 0 aliphatic heterocycles. The normalized spacial score (nSPS) is 49.3. The molecule has 0 bridgehead atoms. The number of Topliss-reactive ketones (excluding diaryl/α,β-unsaturated/α-hetero) is 1. The summed E-state index contributed by atoms with van der Waals surface area (Å²) in [6.07, 6.45) is 11.4. The van der Waals surface area contributed by atoms with Gasteiger partial charge in [-0.25, -0.2) is 0 Å². The number of hydrogen-bond donors (Lipinski definition) is 0. The molecule has 2 nitrogen and oxygen atoms in total. The van der Waals surface area contributed by atoms with E-state index in [0.717, 1.165) is 44.9 Å². The van der Waals surface area contributed by atoms with Gasteiger partial charge in [-0.15, -0.1) is 0 Å². The van der Waals surface area contributed by atoms with Crippen molar-refractivity contribution in [2.24, 2.45) is 34.0 Å². The SMILES string of the molecule is CCC[C@H]1CC(=O)C=C2CC[C@@H]3C(CC[C@]4(C)C(=O)CC[C@@]34C)[C@]21C. The van der Waals surface area contributed by atoms with Crippen LogP contribution in [0.5, 0.6) is 0 Å². The number of carbonyl (C=O) groups is 2. The molecular formula is C23H34O2. The Kier molecular flexibility index (Phi) is 3.87. The molecule has 0 heterocycles. The maximum absolute atomic E-state index is 12.7. The van der Waals surface area contributed by atoms with Gasteiger partial charge in [0.15, 0.2) is 5.78 Å². The summed E-state index contributed by atoms with van der Waals surface area (Å²) in [5, 5.41) is 0. The Hall–Kier alpha value is -0.920. The zero-order chi connectivity index (χ0) is 18.0. The van der Waals surface area contributed by atoms with Gasteiger partial charge in [0.2, 0.25) is 0 Å². The van der Waals surface area contributed by atoms with Gasteiger partial charge >= 0.3 is 0 Å². The molecule has 0 aromatic heterocycles. The van der Waals surface area contributed by atoms with E-state index in [4.69, 9.17) is 0 Å². The average molecular weight is 343 g/mol. The minimum atomic E-state index is -0.101. The number of fused-ring (bicyclic) bond motifs is 5. The summed E-state index contributed by atoms with van der Waals surface area (Å²) in [5.74, 6) is 2.67. The van der Waals surface area contributed by atoms with Crippen molar-refractivity contribution in [3.05, 3.63) is 11.6 Å². The van der Waals surface area contributed by atoms with Crippen molar-refractivity contribution < 1.29 is 9.59 Å². The molecule has 0 amide bonds. The Balaban J connectivity index is 1.77. The monoisotopic (exact) mass is 342 g/mol. The minimum Gasteiger partial charge on any atom is -0.299 e. The molecule has 4 rings (SSSR count). The first kappa shape index (κ1) is 17.5. The molecule has 4 aliphatic carbocycles. The third kappa shape index (κ3) is 2.09. The fourth-order valence-electron chi connectivity index (χ4n) is 7.66. The lowest BCUT2D eigenvalue weighted by Gasteiger charge is -2.63. The highest BCUT2D eigenvalue weighted by atomic mass is 16.1. The number of carbonyl (C=O) groups excluding carboxylic acids is 2. The lowest BCUT2D eigenvalue weighted by atomic mass is 9.41. The second kappa shape index (κ2) is 5.54. The summed E-state index contributed by atoms with van der Waals surface area (Å²) in [7, 11) is 0. The van der Waals surface area contributed by atoms with Gasteiger partial charge in [0.25, 0.3) is 0 Å². The van der Waals surface area contributed by atoms with Gasteiger partial charge in [-0.2, -0.15) is 0 Å². The van der Waals surface area contributed by atoms with Crippen LogP contribution in [0.25, 0.3) is 0 Å². The highest BCUT2D eigenvalue weighted by molar-refractivity contribution is 5.92. The second-order valence-corrected chi connectivity index (χ2v) is 10.1. The third-order valence-electron chi connectivity index (χ3n) is 9.46. The highest BCUT2D eigenvalue weighted by Gasteiger charge is 2.65. The van der Waals surface area contributed by atoms with E-state index in [9.17, 15) is 9.59 Å². The van der Waals surface area contributed by atoms with E-state index in [1.165, 1.54) is 18.4 Å². The summed E-state index contributed by atoms with van der Waals surface area (Å²) in [4.78, 5) is 25.1. The Bertz CT molecular complexity index is 646. The second-order valence-electron chi connectivity index (χ2n) is 10.1. The lowest BCUT2D eigenvalue weighted by Crippen LogP contribution is -2.57. The molecule has 3 saturated carbocycles. The van der Waals surface area contributed by atoms with Gasteiger partial charge in [-0.3, -0.25) is 9.59 Å². The van der Waals surface area contributed by atoms with Gasteiger partial charge in [-0.05, 0) is 73.2 Å². The maximum atomic E-state index is 12.7. The van der Waals surface area contributed by atoms with Gasteiger partial charge in [0, 0.05) is 18.3 Å². The molecule has 138 valence electrons. The molecule has 3 fully saturated rings. The van der Waals surface area contributed by atoms with Gasteiger partial charge in [0.1, 0.15) is 5.78 Å². The summed E-state index contributed by atoms with van der Waals surface area (Å²) in [6.45, 7) is 9.42. The van der Waals surface area contributed by atoms with E-state index in [2.05, 4.69) is 27.7 Å². The molecule has 0 radical (unpaired) electrons. The quantitative estimate of drug-likeness (QED) is 0.663. The summed E-state index contributed by atoms with van der Waals surface area (Å²) in [5.41, 5.74) is 1.69. The molecule has 25 heavy (non-hydrogen) atoms. The van der Waals surface area contributed by atoms with Crippen LogP contribution in [0.4, 0.5) is 0 Å². The lowest BCUT2D eigenvalue weighted by molar-refractivity contribution is -0.146. The number of allylic oxidation sites excluding steroid dienone is 1. The zero-order valence-electron chi connectivity index (χ0n) is 16.5. The number of hydrogen-bond acceptors (Lipinski definition) is 2. The molecule has 1 unspecified atom stereocenters. The molecule has 0 aromatic carbocycles. The molecule has 0 saturated heterocycles. The smallest absolute Gasteiger partial charge is 0.155 e. The molecule has 0 spiro atoms. The van der Waals surface area contributed by atoms with Crippen LogP contribution in [0.15, 0.2) is 11.6 Å². The van der Waals surface area contributed by atoms with Gasteiger partial charge in [-0.1, -0.05) is 39.7 Å². The van der Waals surface area contributed by atoms with E-state index in [0.29, 0.717) is 29.3 Å². The zero-order valence-corrected chi connectivity index (χ0v) is 16.5. The van der Waals surface area contributed by atoms with E-state index in [1.807, 2.05) is 6.08 Å². The Morgan fingerprint density at radius 2 is 1.80 bits per heavy atom. The predicted molar refractivity (Wildman–Crippen MR) is 100 cm³/mol. The Morgan fingerprint density at radius 1 is 1.04 bits per heavy atom. The minimum absolute atomic E-state index is 0.101. The van der Waals surface area contributed by atoms with Crippen LogP contribution in [0.2, 0.25) is 0 Å². The van der Waals surface area contributed by atoms with E-state index in [1.54, 1.807) is 0 Å². The Morgan fingerprint density at radius 3 is 2.52 bits per heavy atom. The van der Waals surface area contributed by atoms with E-state index >= 15 is 0 Å². The first-order chi connectivity index (χ1) is 11.8. The van der Waals surface area contributed by atoms with Crippen LogP contribution in [0.3, 0.4) is 0 Å². The van der Waals surface area contributed by atoms with Crippen molar-refractivity contribution in [3.63, 3.8) is 0 Å². The van der Waals surface area contributed by atoms with Crippen molar-refractivity contribution in [1.29, 1.82) is 0 Å². The first-order valence-electron chi connectivity index (χ1n) is 10.5. The van der Waals surface area contributed by atoms with E-state index in [-0.39, 0.29) is 16.2 Å². The predicted octanol–water partition coefficient (Wildman–Crippen LogP) is 5.50. The molecule has 2 heteroatoms. The number of rotatable bonds is 2. The van der Waals surface area contributed by atoms with Crippen LogP contribution in [-0.4, -0.2) is 11.6 Å². The van der Waals surface area contributed by atoms with Gasteiger partial charge in [0.05, 0.1) is 0 Å². The summed E-state index contributed by atoms with van der Waals surface area (Å²) >= 11 is 0. The van der Waals surface area contributed by atoms with Gasteiger partial charge < -0.3 is 0 Å². The van der Waals surface area contributed by atoms with Crippen LogP contribution in [-0.2, 0) is 9.59 Å².